The smallest absolute Gasteiger partial charge is 0.0226 e. The summed E-state index contributed by atoms with van der Waals surface area (Å²) < 4.78 is 0. The molecule has 0 atom stereocenters. The summed E-state index contributed by atoms with van der Waals surface area (Å²) in [5, 5.41) is 0. The van der Waals surface area contributed by atoms with Gasteiger partial charge in [-0.05, 0) is 54.4 Å². The van der Waals surface area contributed by atoms with Crippen LogP contribution < -0.4 is 0 Å². The standard InChI is InChI=1S/C15H23Cl/c1-11-9-13(7-6-8-16)10-14(12(11)2)15(3,4)5/h9-10H,6-8H2,1-5H3. The molecular weight excluding hydrogens is 216 g/mol. The van der Waals surface area contributed by atoms with Crippen molar-refractivity contribution >= 4 is 11.6 Å². The molecule has 0 unspecified atom stereocenters. The van der Waals surface area contributed by atoms with Crippen molar-refractivity contribution < 1.29 is 0 Å². The molecule has 0 saturated carbocycles. The van der Waals surface area contributed by atoms with Crippen LogP contribution in [-0.2, 0) is 11.8 Å². The number of aryl methyl sites for hydroxylation is 2. The van der Waals surface area contributed by atoms with Crippen LogP contribution in [0, 0.1) is 13.8 Å². The Hall–Kier alpha value is -0.490. The van der Waals surface area contributed by atoms with Crippen molar-refractivity contribution in [1.82, 2.24) is 0 Å². The van der Waals surface area contributed by atoms with E-state index in [2.05, 4.69) is 46.8 Å². The quantitative estimate of drug-likeness (QED) is 0.666. The SMILES string of the molecule is Cc1cc(CCCCl)cc(C(C)(C)C)c1C. The topological polar surface area (TPSA) is 0 Å². The fourth-order valence-electron chi connectivity index (χ4n) is 2.13. The Bertz CT molecular complexity index is 358. The summed E-state index contributed by atoms with van der Waals surface area (Å²) in [6.45, 7) is 11.3. The Balaban J connectivity index is 3.12. The van der Waals surface area contributed by atoms with E-state index in [-0.39, 0.29) is 5.41 Å². The van der Waals surface area contributed by atoms with Gasteiger partial charge >= 0.3 is 0 Å². The highest BCUT2D eigenvalue weighted by molar-refractivity contribution is 6.17. The maximum atomic E-state index is 5.75. The van der Waals surface area contributed by atoms with Gasteiger partial charge in [-0.2, -0.15) is 0 Å². The van der Waals surface area contributed by atoms with Crippen molar-refractivity contribution in [1.29, 1.82) is 0 Å². The predicted molar refractivity (Wildman–Crippen MR) is 73.7 cm³/mol. The van der Waals surface area contributed by atoms with Gasteiger partial charge in [0.05, 0.1) is 0 Å². The lowest BCUT2D eigenvalue weighted by molar-refractivity contribution is 0.584. The van der Waals surface area contributed by atoms with E-state index in [0.29, 0.717) is 0 Å². The lowest BCUT2D eigenvalue weighted by atomic mass is 9.81. The Morgan fingerprint density at radius 3 is 2.25 bits per heavy atom. The van der Waals surface area contributed by atoms with Crippen molar-refractivity contribution in [3.63, 3.8) is 0 Å². The normalized spacial score (nSPS) is 11.9. The van der Waals surface area contributed by atoms with Gasteiger partial charge in [-0.3, -0.25) is 0 Å². The molecule has 0 fully saturated rings. The zero-order chi connectivity index (χ0) is 12.3. The van der Waals surface area contributed by atoms with E-state index >= 15 is 0 Å². The Morgan fingerprint density at radius 1 is 1.12 bits per heavy atom. The predicted octanol–water partition coefficient (Wildman–Crippen LogP) is 4.77. The fourth-order valence-corrected chi connectivity index (χ4v) is 2.26. The first kappa shape index (κ1) is 13.6. The number of benzene rings is 1. The Labute approximate surface area is 105 Å². The van der Waals surface area contributed by atoms with Crippen molar-refractivity contribution in [3.8, 4) is 0 Å². The second kappa shape index (κ2) is 5.23. The molecule has 16 heavy (non-hydrogen) atoms. The van der Waals surface area contributed by atoms with Gasteiger partial charge in [-0.15, -0.1) is 11.6 Å². The van der Waals surface area contributed by atoms with Crippen LogP contribution in [0.5, 0.6) is 0 Å². The zero-order valence-corrected chi connectivity index (χ0v) is 11.9. The molecule has 0 aliphatic carbocycles. The van der Waals surface area contributed by atoms with E-state index in [1.807, 2.05) is 0 Å². The first-order valence-corrected chi connectivity index (χ1v) is 6.56. The van der Waals surface area contributed by atoms with E-state index in [1.54, 1.807) is 0 Å². The van der Waals surface area contributed by atoms with E-state index < -0.39 is 0 Å². The first-order chi connectivity index (χ1) is 7.36. The van der Waals surface area contributed by atoms with Crippen LogP contribution in [-0.4, -0.2) is 5.88 Å². The summed E-state index contributed by atoms with van der Waals surface area (Å²) in [5.74, 6) is 0.748. The molecule has 1 aromatic carbocycles. The number of hydrogen-bond donors (Lipinski definition) is 0. The Kier molecular flexibility index (Phi) is 4.43. The molecule has 0 saturated heterocycles. The van der Waals surface area contributed by atoms with Gasteiger partial charge < -0.3 is 0 Å². The highest BCUT2D eigenvalue weighted by atomic mass is 35.5. The van der Waals surface area contributed by atoms with Crippen LogP contribution in [0.15, 0.2) is 12.1 Å². The first-order valence-electron chi connectivity index (χ1n) is 6.03. The second-order valence-electron chi connectivity index (χ2n) is 5.63. The molecule has 0 amide bonds. The van der Waals surface area contributed by atoms with Gasteiger partial charge in [0.15, 0.2) is 0 Å². The second-order valence-corrected chi connectivity index (χ2v) is 6.01. The molecule has 0 aromatic heterocycles. The lowest BCUT2D eigenvalue weighted by Gasteiger charge is -2.24. The third-order valence-corrected chi connectivity index (χ3v) is 3.40. The molecule has 0 aliphatic heterocycles. The number of alkyl halides is 1. The largest absolute Gasteiger partial charge is 0.127 e. The minimum Gasteiger partial charge on any atom is -0.127 e. The van der Waals surface area contributed by atoms with Crippen molar-refractivity contribution in [3.05, 3.63) is 34.4 Å². The van der Waals surface area contributed by atoms with Crippen molar-refractivity contribution in [2.45, 2.75) is 52.9 Å². The van der Waals surface area contributed by atoms with Crippen molar-refractivity contribution in [2.75, 3.05) is 5.88 Å². The average Bonchev–Trinajstić information content (AvgIpc) is 2.17. The van der Waals surface area contributed by atoms with E-state index in [0.717, 1.165) is 18.7 Å². The number of halogens is 1. The van der Waals surface area contributed by atoms with Crippen LogP contribution in [0.25, 0.3) is 0 Å². The Morgan fingerprint density at radius 2 is 1.75 bits per heavy atom. The zero-order valence-electron chi connectivity index (χ0n) is 11.2. The minimum absolute atomic E-state index is 0.228. The summed E-state index contributed by atoms with van der Waals surface area (Å²) in [6.07, 6.45) is 2.15. The number of rotatable bonds is 3. The monoisotopic (exact) mass is 238 g/mol. The molecule has 1 heteroatoms. The summed E-state index contributed by atoms with van der Waals surface area (Å²) in [7, 11) is 0. The lowest BCUT2D eigenvalue weighted by Crippen LogP contribution is -2.14. The molecular formula is C15H23Cl. The van der Waals surface area contributed by atoms with Crippen molar-refractivity contribution in [2.24, 2.45) is 0 Å². The molecule has 90 valence electrons. The minimum atomic E-state index is 0.228. The van der Waals surface area contributed by atoms with Crippen LogP contribution in [0.2, 0.25) is 0 Å². The van der Waals surface area contributed by atoms with Crippen LogP contribution >= 0.6 is 11.6 Å². The van der Waals surface area contributed by atoms with Gasteiger partial charge in [0, 0.05) is 5.88 Å². The molecule has 0 nitrogen and oxygen atoms in total. The van der Waals surface area contributed by atoms with Crippen LogP contribution in [0.3, 0.4) is 0 Å². The summed E-state index contributed by atoms with van der Waals surface area (Å²) in [6, 6.07) is 4.66. The third kappa shape index (κ3) is 3.25. The average molecular weight is 239 g/mol. The summed E-state index contributed by atoms with van der Waals surface area (Å²) in [5.41, 5.74) is 5.95. The van der Waals surface area contributed by atoms with E-state index in [1.165, 1.54) is 22.3 Å². The maximum Gasteiger partial charge on any atom is 0.0226 e. The molecule has 0 aliphatic rings. The van der Waals surface area contributed by atoms with E-state index in [9.17, 15) is 0 Å². The van der Waals surface area contributed by atoms with Gasteiger partial charge in [0.25, 0.3) is 0 Å². The maximum absolute atomic E-state index is 5.75. The van der Waals surface area contributed by atoms with Gasteiger partial charge in [0.2, 0.25) is 0 Å². The fraction of sp³-hybridized carbons (Fsp3) is 0.600. The molecule has 0 heterocycles. The third-order valence-electron chi connectivity index (χ3n) is 3.13. The molecule has 0 spiro atoms. The van der Waals surface area contributed by atoms with Crippen LogP contribution in [0.1, 0.15) is 49.4 Å². The molecule has 0 radical (unpaired) electrons. The molecule has 0 N–H and O–H groups in total. The molecule has 0 bridgehead atoms. The van der Waals surface area contributed by atoms with Gasteiger partial charge in [-0.1, -0.05) is 32.9 Å². The molecule has 1 rings (SSSR count). The van der Waals surface area contributed by atoms with Crippen LogP contribution in [0.4, 0.5) is 0 Å². The van der Waals surface area contributed by atoms with E-state index in [4.69, 9.17) is 11.6 Å². The molecule has 1 aromatic rings. The summed E-state index contributed by atoms with van der Waals surface area (Å²) in [4.78, 5) is 0. The number of hydrogen-bond acceptors (Lipinski definition) is 0. The van der Waals surface area contributed by atoms with Gasteiger partial charge in [-0.25, -0.2) is 0 Å². The van der Waals surface area contributed by atoms with Gasteiger partial charge in [0.1, 0.15) is 0 Å². The highest BCUT2D eigenvalue weighted by Gasteiger charge is 2.17. The summed E-state index contributed by atoms with van der Waals surface area (Å²) >= 11 is 5.75. The highest BCUT2D eigenvalue weighted by Crippen LogP contribution is 2.29.